The van der Waals surface area contributed by atoms with Crippen LogP contribution in [0.5, 0.6) is 0 Å². The van der Waals surface area contributed by atoms with Gasteiger partial charge in [0.15, 0.2) is 11.6 Å². The van der Waals surface area contributed by atoms with Crippen molar-refractivity contribution in [2.75, 3.05) is 10.5 Å². The number of benzene rings is 1. The van der Waals surface area contributed by atoms with Crippen molar-refractivity contribution in [3.05, 3.63) is 52.3 Å². The lowest BCUT2D eigenvalue weighted by molar-refractivity contribution is 0.102. The van der Waals surface area contributed by atoms with E-state index >= 15 is 0 Å². The van der Waals surface area contributed by atoms with Gasteiger partial charge in [-0.15, -0.1) is 0 Å². The number of nitrogens with one attached hydrogen (secondary N) is 2. The predicted molar refractivity (Wildman–Crippen MR) is 108 cm³/mol. The van der Waals surface area contributed by atoms with Gasteiger partial charge < -0.3 is 5.32 Å². The molecule has 1 aromatic carbocycles. The van der Waals surface area contributed by atoms with E-state index in [1.54, 1.807) is 20.8 Å². The topological polar surface area (TPSA) is 87.6 Å². The molecule has 0 atom stereocenters. The van der Waals surface area contributed by atoms with Gasteiger partial charge in [0, 0.05) is 23.0 Å². The van der Waals surface area contributed by atoms with Gasteiger partial charge >= 0.3 is 0 Å². The van der Waals surface area contributed by atoms with Crippen molar-refractivity contribution in [1.29, 1.82) is 0 Å². The van der Waals surface area contributed by atoms with Crippen LogP contribution in [0.25, 0.3) is 0 Å². The summed E-state index contributed by atoms with van der Waals surface area (Å²) in [5.41, 5.74) is -1.34. The molecule has 6 nitrogen and oxygen atoms in total. The molecule has 0 fully saturated rings. The van der Waals surface area contributed by atoms with Crippen molar-refractivity contribution < 1.29 is 22.0 Å². The van der Waals surface area contributed by atoms with Crippen LogP contribution in [0.2, 0.25) is 0 Å². The van der Waals surface area contributed by atoms with Gasteiger partial charge in [-0.2, -0.15) is 0 Å². The first-order valence-corrected chi connectivity index (χ1v) is 10.3. The van der Waals surface area contributed by atoms with E-state index in [0.29, 0.717) is 17.3 Å². The zero-order valence-electron chi connectivity index (χ0n) is 15.9. The molecule has 0 amide bonds. The monoisotopic (exact) mass is 433 g/mol. The fraction of sp³-hybridized carbons (Fsp3) is 0.333. The summed E-state index contributed by atoms with van der Waals surface area (Å²) in [6.45, 7) is 6.25. The second-order valence-corrected chi connectivity index (χ2v) is 8.37. The average molecular weight is 434 g/mol. The fourth-order valence-electron chi connectivity index (χ4n) is 2.03. The maximum Gasteiger partial charge on any atom is 0.232 e. The second kappa shape index (κ2) is 10.3. The highest BCUT2D eigenvalue weighted by atomic mass is 35.5. The summed E-state index contributed by atoms with van der Waals surface area (Å²) in [7, 11) is -3.80. The van der Waals surface area contributed by atoms with Gasteiger partial charge in [0.25, 0.3) is 0 Å². The molecular formula is C18H22ClF2N3O3S. The summed E-state index contributed by atoms with van der Waals surface area (Å²) < 4.78 is 54.4. The lowest BCUT2D eigenvalue weighted by atomic mass is 10.0. The zero-order valence-corrected chi connectivity index (χ0v) is 17.5. The lowest BCUT2D eigenvalue weighted by Gasteiger charge is -2.12. The first-order valence-electron chi connectivity index (χ1n) is 8.31. The molecular weight excluding hydrogens is 412 g/mol. The third-order valence-corrected chi connectivity index (χ3v) is 4.92. The molecule has 10 heteroatoms. The Labute approximate surface area is 168 Å². The van der Waals surface area contributed by atoms with Crippen LogP contribution in [0.15, 0.2) is 40.1 Å². The van der Waals surface area contributed by atoms with E-state index < -0.39 is 38.7 Å². The number of rotatable bonds is 8. The standard InChI is InChI=1S/C18H22ClF2N3O3S/c1-5-8-28(26,27)24-15-7-6-14(20)16(17(15)21)18(25)11(2)9-22-13(4)23-10-12(3)19/h6-7,9-10,24H,5,8H2,1-4H3,(H,22,23)/b11-9+,12-10+. The van der Waals surface area contributed by atoms with Gasteiger partial charge in [-0.3, -0.25) is 9.52 Å². The first kappa shape index (κ1) is 23.8. The molecule has 0 aliphatic heterocycles. The van der Waals surface area contributed by atoms with Gasteiger partial charge in [0.05, 0.1) is 17.0 Å². The van der Waals surface area contributed by atoms with Crippen molar-refractivity contribution in [1.82, 2.24) is 5.32 Å². The molecule has 0 saturated carbocycles. The third-order valence-electron chi connectivity index (χ3n) is 3.35. The minimum atomic E-state index is -3.80. The highest BCUT2D eigenvalue weighted by Gasteiger charge is 2.23. The van der Waals surface area contributed by atoms with Gasteiger partial charge in [-0.25, -0.2) is 22.2 Å². The van der Waals surface area contributed by atoms with Gasteiger partial charge in [0.1, 0.15) is 11.7 Å². The van der Waals surface area contributed by atoms with E-state index in [2.05, 4.69) is 10.3 Å². The maximum absolute atomic E-state index is 14.6. The second-order valence-electron chi connectivity index (χ2n) is 5.94. The average Bonchev–Trinajstić information content (AvgIpc) is 2.60. The van der Waals surface area contributed by atoms with Crippen LogP contribution in [0.3, 0.4) is 0 Å². The van der Waals surface area contributed by atoms with Gasteiger partial charge in [0.2, 0.25) is 10.0 Å². The van der Waals surface area contributed by atoms with Crippen LogP contribution in [-0.4, -0.2) is 25.8 Å². The molecule has 0 unspecified atom stereocenters. The molecule has 0 bridgehead atoms. The number of nitrogens with zero attached hydrogens (tertiary/aromatic N) is 1. The molecule has 154 valence electrons. The molecule has 0 aliphatic rings. The van der Waals surface area contributed by atoms with Crippen LogP contribution >= 0.6 is 11.6 Å². The maximum atomic E-state index is 14.6. The van der Waals surface area contributed by atoms with E-state index in [-0.39, 0.29) is 11.3 Å². The number of Topliss-reactive ketones (excluding diaryl/α,β-unsaturated/α-hetero) is 1. The number of allylic oxidation sites excluding steroid dienone is 2. The third kappa shape index (κ3) is 7.05. The molecule has 0 aliphatic carbocycles. The molecule has 0 aromatic heterocycles. The fourth-order valence-corrected chi connectivity index (χ4v) is 3.21. The van der Waals surface area contributed by atoms with Crippen molar-refractivity contribution in [3.63, 3.8) is 0 Å². The molecule has 0 heterocycles. The number of amidine groups is 1. The minimum absolute atomic E-state index is 0.00695. The van der Waals surface area contributed by atoms with Crippen LogP contribution in [0.1, 0.15) is 44.5 Å². The number of sulfonamides is 1. The summed E-state index contributed by atoms with van der Waals surface area (Å²) >= 11 is 5.65. The number of hydrogen-bond donors (Lipinski definition) is 2. The Bertz CT molecular complexity index is 938. The van der Waals surface area contributed by atoms with E-state index in [1.165, 1.54) is 19.3 Å². The molecule has 1 rings (SSSR count). The van der Waals surface area contributed by atoms with E-state index in [9.17, 15) is 22.0 Å². The zero-order chi connectivity index (χ0) is 21.5. The highest BCUT2D eigenvalue weighted by Crippen LogP contribution is 2.24. The lowest BCUT2D eigenvalue weighted by Crippen LogP contribution is -2.19. The Morgan fingerprint density at radius 3 is 2.46 bits per heavy atom. The number of ketones is 1. The smallest absolute Gasteiger partial charge is 0.232 e. The minimum Gasteiger partial charge on any atom is -0.350 e. The van der Waals surface area contributed by atoms with Crippen LogP contribution in [0.4, 0.5) is 14.5 Å². The Kier molecular flexibility index (Phi) is 8.77. The molecule has 0 spiro atoms. The number of hydrogen-bond acceptors (Lipinski definition) is 4. The largest absolute Gasteiger partial charge is 0.350 e. The molecule has 2 N–H and O–H groups in total. The van der Waals surface area contributed by atoms with Crippen LogP contribution in [0, 0.1) is 11.6 Å². The molecule has 28 heavy (non-hydrogen) atoms. The Morgan fingerprint density at radius 1 is 1.25 bits per heavy atom. The van der Waals surface area contributed by atoms with E-state index in [0.717, 1.165) is 12.1 Å². The van der Waals surface area contributed by atoms with Gasteiger partial charge in [-0.05, 0) is 39.3 Å². The summed E-state index contributed by atoms with van der Waals surface area (Å²) in [6, 6.07) is 1.77. The quantitative estimate of drug-likeness (QED) is 0.277. The SMILES string of the molecule is CCCS(=O)(=O)Nc1ccc(F)c(C(=O)/C(C)=C/N/C(C)=N/C=C(\C)Cl)c1F. The van der Waals surface area contributed by atoms with Crippen molar-refractivity contribution >= 4 is 38.9 Å². The summed E-state index contributed by atoms with van der Waals surface area (Å²) in [4.78, 5) is 16.4. The normalized spacial score (nSPS) is 13.5. The number of carbonyl (C=O) groups is 1. The van der Waals surface area contributed by atoms with E-state index in [1.807, 2.05) is 4.72 Å². The number of carbonyl (C=O) groups excluding carboxylic acids is 1. The Balaban J connectivity index is 3.16. The van der Waals surface area contributed by atoms with Crippen LogP contribution in [-0.2, 0) is 10.0 Å². The Hall–Kier alpha value is -2.26. The van der Waals surface area contributed by atoms with Crippen LogP contribution < -0.4 is 10.0 Å². The van der Waals surface area contributed by atoms with Gasteiger partial charge in [-0.1, -0.05) is 18.5 Å². The number of anilines is 1. The van der Waals surface area contributed by atoms with E-state index in [4.69, 9.17) is 11.6 Å². The summed E-state index contributed by atoms with van der Waals surface area (Å²) in [5, 5.41) is 3.15. The van der Waals surface area contributed by atoms with Crippen molar-refractivity contribution in [3.8, 4) is 0 Å². The Morgan fingerprint density at radius 2 is 1.89 bits per heavy atom. The first-order chi connectivity index (χ1) is 13.0. The number of aliphatic imine (C=N–C) groups is 1. The molecule has 1 aromatic rings. The van der Waals surface area contributed by atoms with Crippen molar-refractivity contribution in [2.45, 2.75) is 34.1 Å². The summed E-state index contributed by atoms with van der Waals surface area (Å²) in [6.07, 6.45) is 2.95. The number of halogens is 3. The summed E-state index contributed by atoms with van der Waals surface area (Å²) in [5.74, 6) is -3.14. The highest BCUT2D eigenvalue weighted by molar-refractivity contribution is 7.92. The predicted octanol–water partition coefficient (Wildman–Crippen LogP) is 4.31. The molecule has 0 saturated heterocycles. The molecule has 0 radical (unpaired) electrons. The van der Waals surface area contributed by atoms with Crippen molar-refractivity contribution in [2.24, 2.45) is 4.99 Å².